The van der Waals surface area contributed by atoms with E-state index < -0.39 is 38.9 Å². The maximum atomic E-state index is 13.1. The van der Waals surface area contributed by atoms with Gasteiger partial charge in [0.1, 0.15) is 5.75 Å². The standard InChI is InChI=1S/C20H19F3N2O3S/c1-2-11-25-12-18(14-7-3-6-10-17(14)25)29(27,28)13-19(26)24-16-9-5-4-8-15(16)20(21,22)23/h3-10,12H,2,11,13H2,1H3,(H,24,26). The van der Waals surface area contributed by atoms with Crippen LogP contribution in [0.4, 0.5) is 18.9 Å². The van der Waals surface area contributed by atoms with Crippen LogP contribution in [0.5, 0.6) is 0 Å². The first-order valence-electron chi connectivity index (χ1n) is 8.90. The molecule has 0 fully saturated rings. The number of carbonyl (C=O) groups excluding carboxylic acids is 1. The van der Waals surface area contributed by atoms with Crippen molar-refractivity contribution in [2.45, 2.75) is 31.0 Å². The third kappa shape index (κ3) is 4.45. The number of amides is 1. The highest BCUT2D eigenvalue weighted by Gasteiger charge is 2.34. The molecular weight excluding hydrogens is 405 g/mol. The van der Waals surface area contributed by atoms with Gasteiger partial charge in [-0.05, 0) is 24.6 Å². The number of sulfone groups is 1. The van der Waals surface area contributed by atoms with E-state index in [1.54, 1.807) is 28.8 Å². The van der Waals surface area contributed by atoms with Crippen LogP contribution in [0.2, 0.25) is 0 Å². The van der Waals surface area contributed by atoms with E-state index in [-0.39, 0.29) is 4.90 Å². The molecule has 0 saturated heterocycles. The molecule has 0 aliphatic carbocycles. The van der Waals surface area contributed by atoms with Crippen LogP contribution in [0, 0.1) is 0 Å². The molecule has 3 rings (SSSR count). The molecule has 1 aromatic heterocycles. The average Bonchev–Trinajstić information content (AvgIpc) is 3.01. The van der Waals surface area contributed by atoms with Crippen LogP contribution >= 0.6 is 0 Å². The minimum Gasteiger partial charge on any atom is -0.346 e. The van der Waals surface area contributed by atoms with Gasteiger partial charge in [0.15, 0.2) is 9.84 Å². The predicted octanol–water partition coefficient (Wildman–Crippen LogP) is 4.48. The van der Waals surface area contributed by atoms with Crippen molar-refractivity contribution in [3.05, 3.63) is 60.3 Å². The summed E-state index contributed by atoms with van der Waals surface area (Å²) in [5.74, 6) is -1.99. The highest BCUT2D eigenvalue weighted by molar-refractivity contribution is 7.92. The van der Waals surface area contributed by atoms with Crippen molar-refractivity contribution in [1.29, 1.82) is 0 Å². The number of anilines is 1. The fourth-order valence-corrected chi connectivity index (χ4v) is 4.53. The predicted molar refractivity (Wildman–Crippen MR) is 104 cm³/mol. The molecule has 9 heteroatoms. The van der Waals surface area contributed by atoms with E-state index in [1.165, 1.54) is 18.3 Å². The van der Waals surface area contributed by atoms with Gasteiger partial charge in [0.2, 0.25) is 5.91 Å². The lowest BCUT2D eigenvalue weighted by molar-refractivity contribution is -0.137. The fourth-order valence-electron chi connectivity index (χ4n) is 3.16. The van der Waals surface area contributed by atoms with Crippen molar-refractivity contribution in [3.63, 3.8) is 0 Å². The van der Waals surface area contributed by atoms with E-state index in [0.717, 1.165) is 24.1 Å². The van der Waals surface area contributed by atoms with Gasteiger partial charge in [-0.2, -0.15) is 13.2 Å². The lowest BCUT2D eigenvalue weighted by atomic mass is 10.1. The Labute approximate surface area is 166 Å². The maximum Gasteiger partial charge on any atom is 0.418 e. The van der Waals surface area contributed by atoms with Crippen LogP contribution in [0.15, 0.2) is 59.6 Å². The summed E-state index contributed by atoms with van der Waals surface area (Å²) in [6, 6.07) is 11.3. The van der Waals surface area contributed by atoms with Gasteiger partial charge in [0.25, 0.3) is 0 Å². The lowest BCUT2D eigenvalue weighted by Crippen LogP contribution is -2.24. The van der Waals surface area contributed by atoms with E-state index in [9.17, 15) is 26.4 Å². The first kappa shape index (κ1) is 20.9. The van der Waals surface area contributed by atoms with Crippen LogP contribution in [-0.4, -0.2) is 24.6 Å². The number of fused-ring (bicyclic) bond motifs is 1. The van der Waals surface area contributed by atoms with Crippen molar-refractivity contribution in [3.8, 4) is 0 Å². The smallest absolute Gasteiger partial charge is 0.346 e. The van der Waals surface area contributed by atoms with Crippen LogP contribution in [0.1, 0.15) is 18.9 Å². The number of benzene rings is 2. The number of nitrogens with one attached hydrogen (secondary N) is 1. The maximum absolute atomic E-state index is 13.1. The number of hydrogen-bond donors (Lipinski definition) is 1. The third-order valence-electron chi connectivity index (χ3n) is 4.38. The Kier molecular flexibility index (Phi) is 5.70. The van der Waals surface area contributed by atoms with E-state index in [0.29, 0.717) is 11.9 Å². The van der Waals surface area contributed by atoms with Crippen molar-refractivity contribution in [1.82, 2.24) is 4.57 Å². The fraction of sp³-hybridized carbons (Fsp3) is 0.250. The molecule has 1 amide bonds. The molecule has 0 aliphatic rings. The Balaban J connectivity index is 1.90. The van der Waals surface area contributed by atoms with Crippen molar-refractivity contribution >= 4 is 32.3 Å². The van der Waals surface area contributed by atoms with Gasteiger partial charge in [-0.1, -0.05) is 37.3 Å². The zero-order valence-corrected chi connectivity index (χ0v) is 16.3. The average molecular weight is 424 g/mol. The summed E-state index contributed by atoms with van der Waals surface area (Å²) < 4.78 is 66.7. The Hall–Kier alpha value is -2.81. The molecule has 5 nitrogen and oxygen atoms in total. The van der Waals surface area contributed by atoms with Gasteiger partial charge in [-0.25, -0.2) is 8.42 Å². The molecule has 3 aromatic rings. The molecule has 29 heavy (non-hydrogen) atoms. The van der Waals surface area contributed by atoms with Gasteiger partial charge in [-0.3, -0.25) is 4.79 Å². The quantitative estimate of drug-likeness (QED) is 0.634. The number of hydrogen-bond acceptors (Lipinski definition) is 3. The van der Waals surface area contributed by atoms with Gasteiger partial charge in [-0.15, -0.1) is 0 Å². The van der Waals surface area contributed by atoms with Crippen LogP contribution in [0.25, 0.3) is 10.9 Å². The Bertz CT molecular complexity index is 1150. The number of aromatic nitrogens is 1. The van der Waals surface area contributed by atoms with Crippen LogP contribution in [0.3, 0.4) is 0 Å². The van der Waals surface area contributed by atoms with Gasteiger partial charge >= 0.3 is 6.18 Å². The van der Waals surface area contributed by atoms with E-state index in [4.69, 9.17) is 0 Å². The largest absolute Gasteiger partial charge is 0.418 e. The van der Waals surface area contributed by atoms with Crippen molar-refractivity contribution in [2.24, 2.45) is 0 Å². The molecule has 0 saturated carbocycles. The van der Waals surface area contributed by atoms with Crippen molar-refractivity contribution < 1.29 is 26.4 Å². The number of nitrogens with zero attached hydrogens (tertiary/aromatic N) is 1. The number of alkyl halides is 3. The summed E-state index contributed by atoms with van der Waals surface area (Å²) in [6.07, 6.45) is -2.41. The molecule has 0 radical (unpaired) electrons. The second-order valence-electron chi connectivity index (χ2n) is 6.55. The van der Waals surface area contributed by atoms with Gasteiger partial charge in [0, 0.05) is 23.6 Å². The number of carbonyl (C=O) groups is 1. The topological polar surface area (TPSA) is 68.2 Å². The summed E-state index contributed by atoms with van der Waals surface area (Å²) in [6.45, 7) is 2.55. The minimum atomic E-state index is -4.67. The summed E-state index contributed by atoms with van der Waals surface area (Å²) in [5, 5.41) is 2.55. The van der Waals surface area contributed by atoms with Crippen LogP contribution in [-0.2, 0) is 27.4 Å². The minimum absolute atomic E-state index is 0.0131. The molecule has 154 valence electrons. The summed E-state index contributed by atoms with van der Waals surface area (Å²) in [5.41, 5.74) is -0.797. The van der Waals surface area contributed by atoms with E-state index in [2.05, 4.69) is 5.32 Å². The normalized spacial score (nSPS) is 12.3. The highest BCUT2D eigenvalue weighted by atomic mass is 32.2. The van der Waals surface area contributed by atoms with E-state index >= 15 is 0 Å². The zero-order valence-electron chi connectivity index (χ0n) is 15.5. The third-order valence-corrected chi connectivity index (χ3v) is 6.02. The number of rotatable bonds is 6. The molecule has 0 spiro atoms. The second-order valence-corrected chi connectivity index (χ2v) is 8.51. The SMILES string of the molecule is CCCn1cc(S(=O)(=O)CC(=O)Nc2ccccc2C(F)(F)F)c2ccccc21. The lowest BCUT2D eigenvalue weighted by Gasteiger charge is -2.13. The molecule has 1 heterocycles. The Morgan fingerprint density at radius 2 is 1.72 bits per heavy atom. The summed E-state index contributed by atoms with van der Waals surface area (Å²) >= 11 is 0. The molecule has 0 unspecified atom stereocenters. The molecular formula is C20H19F3N2O3S. The van der Waals surface area contributed by atoms with Crippen molar-refractivity contribution in [2.75, 3.05) is 11.1 Å². The summed E-state index contributed by atoms with van der Waals surface area (Å²) in [7, 11) is -4.07. The zero-order chi connectivity index (χ0) is 21.2. The van der Waals surface area contributed by atoms with E-state index in [1.807, 2.05) is 6.92 Å². The van der Waals surface area contributed by atoms with Gasteiger partial charge < -0.3 is 9.88 Å². The Morgan fingerprint density at radius 3 is 2.41 bits per heavy atom. The first-order valence-corrected chi connectivity index (χ1v) is 10.6. The first-order chi connectivity index (χ1) is 13.6. The number of halogens is 3. The van der Waals surface area contributed by atoms with Gasteiger partial charge in [0.05, 0.1) is 16.1 Å². The monoisotopic (exact) mass is 424 g/mol. The number of aryl methyl sites for hydroxylation is 1. The molecule has 1 N–H and O–H groups in total. The highest BCUT2D eigenvalue weighted by Crippen LogP contribution is 2.34. The molecule has 0 aliphatic heterocycles. The molecule has 0 bridgehead atoms. The molecule has 0 atom stereocenters. The molecule has 2 aromatic carbocycles. The Morgan fingerprint density at radius 1 is 1.07 bits per heavy atom. The summed E-state index contributed by atoms with van der Waals surface area (Å²) in [4.78, 5) is 12.3. The van der Waals surface area contributed by atoms with Crippen LogP contribution < -0.4 is 5.32 Å². The second kappa shape index (κ2) is 7.90. The number of para-hydroxylation sites is 2.